The molecule has 1 aromatic heterocycles. The van der Waals surface area contributed by atoms with Crippen molar-refractivity contribution < 1.29 is 24.2 Å². The zero-order valence-electron chi connectivity index (χ0n) is 17.3. The van der Waals surface area contributed by atoms with Gasteiger partial charge < -0.3 is 20.5 Å². The monoisotopic (exact) mass is 509 g/mol. The van der Waals surface area contributed by atoms with Crippen molar-refractivity contribution in [2.45, 2.75) is 18.4 Å². The molecular weight excluding hydrogens is 490 g/mol. The lowest BCUT2D eigenvalue weighted by Gasteiger charge is -2.19. The Morgan fingerprint density at radius 3 is 2.24 bits per heavy atom. The first-order valence-electron chi connectivity index (χ1n) is 10.2. The number of aliphatic carboxylic acids is 1. The molecule has 0 bridgehead atoms. The maximum absolute atomic E-state index is 12.6. The molecule has 0 fully saturated rings. The number of carbonyl (C=O) groups excluding carboxylic acids is 2. The van der Waals surface area contributed by atoms with E-state index in [0.29, 0.717) is 10.3 Å². The SMILES string of the molecule is O=C(O)CC(NC(=O)OCC1c2ccccc2-c2ccccc21)C(=O)Nc1cccnc1Br. The fourth-order valence-electron chi connectivity index (χ4n) is 3.87. The van der Waals surface area contributed by atoms with Gasteiger partial charge in [-0.15, -0.1) is 0 Å². The molecule has 168 valence electrons. The van der Waals surface area contributed by atoms with E-state index < -0.39 is 30.4 Å². The Balaban J connectivity index is 1.43. The fourth-order valence-corrected chi connectivity index (χ4v) is 4.21. The summed E-state index contributed by atoms with van der Waals surface area (Å²) >= 11 is 3.21. The van der Waals surface area contributed by atoms with E-state index in [0.717, 1.165) is 22.3 Å². The summed E-state index contributed by atoms with van der Waals surface area (Å²) in [4.78, 5) is 40.4. The lowest BCUT2D eigenvalue weighted by Crippen LogP contribution is -2.45. The van der Waals surface area contributed by atoms with Gasteiger partial charge in [-0.25, -0.2) is 9.78 Å². The summed E-state index contributed by atoms with van der Waals surface area (Å²) in [6.07, 6.45) is 0.0561. The molecule has 2 amide bonds. The number of hydrogen-bond acceptors (Lipinski definition) is 5. The summed E-state index contributed by atoms with van der Waals surface area (Å²) in [5.74, 6) is -2.08. The number of carbonyl (C=O) groups is 3. The van der Waals surface area contributed by atoms with Gasteiger partial charge in [0.2, 0.25) is 5.91 Å². The van der Waals surface area contributed by atoms with Crippen LogP contribution in [-0.2, 0) is 14.3 Å². The Labute approximate surface area is 198 Å². The Kier molecular flexibility index (Phi) is 6.69. The third-order valence-corrected chi connectivity index (χ3v) is 5.98. The van der Waals surface area contributed by atoms with Crippen LogP contribution in [0.2, 0.25) is 0 Å². The molecule has 8 nitrogen and oxygen atoms in total. The fraction of sp³-hybridized carbons (Fsp3) is 0.167. The van der Waals surface area contributed by atoms with Gasteiger partial charge in [-0.2, -0.15) is 0 Å². The standard InChI is InChI=1S/C24H20BrN3O5/c25-22-19(10-5-11-26-22)27-23(31)20(12-21(29)30)28-24(32)33-13-18-16-8-3-1-6-14(16)15-7-2-4-9-17(15)18/h1-11,18,20H,12-13H2,(H,27,31)(H,28,32)(H,29,30). The van der Waals surface area contributed by atoms with Crippen LogP contribution in [0.1, 0.15) is 23.5 Å². The molecule has 0 saturated heterocycles. The van der Waals surface area contributed by atoms with Crippen LogP contribution in [-0.4, -0.2) is 40.7 Å². The third-order valence-electron chi connectivity index (χ3n) is 5.35. The number of alkyl carbamates (subject to hydrolysis) is 1. The van der Waals surface area contributed by atoms with Gasteiger partial charge in [0.1, 0.15) is 17.3 Å². The van der Waals surface area contributed by atoms with Gasteiger partial charge in [-0.1, -0.05) is 48.5 Å². The van der Waals surface area contributed by atoms with E-state index in [9.17, 15) is 19.5 Å². The molecule has 3 N–H and O–H groups in total. The van der Waals surface area contributed by atoms with Gasteiger partial charge in [-0.3, -0.25) is 9.59 Å². The molecule has 33 heavy (non-hydrogen) atoms. The minimum Gasteiger partial charge on any atom is -0.481 e. The summed E-state index contributed by atoms with van der Waals surface area (Å²) in [6.45, 7) is 0.0510. The van der Waals surface area contributed by atoms with E-state index in [1.165, 1.54) is 6.20 Å². The minimum atomic E-state index is -1.33. The van der Waals surface area contributed by atoms with Crippen LogP contribution in [0.3, 0.4) is 0 Å². The van der Waals surface area contributed by atoms with Crippen LogP contribution in [0.4, 0.5) is 10.5 Å². The highest BCUT2D eigenvalue weighted by molar-refractivity contribution is 9.10. The summed E-state index contributed by atoms with van der Waals surface area (Å²) in [5, 5.41) is 14.1. The molecule has 0 aliphatic heterocycles. The largest absolute Gasteiger partial charge is 0.481 e. The molecule has 1 atom stereocenters. The number of benzene rings is 2. The number of nitrogens with one attached hydrogen (secondary N) is 2. The molecule has 4 rings (SSSR count). The molecule has 1 aliphatic carbocycles. The average Bonchev–Trinajstić information content (AvgIpc) is 3.12. The molecule has 0 spiro atoms. The molecule has 1 aliphatic rings. The summed E-state index contributed by atoms with van der Waals surface area (Å²) < 4.78 is 5.81. The maximum Gasteiger partial charge on any atom is 0.407 e. The highest BCUT2D eigenvalue weighted by Gasteiger charge is 2.30. The second-order valence-electron chi connectivity index (χ2n) is 7.45. The quantitative estimate of drug-likeness (QED) is 0.411. The van der Waals surface area contributed by atoms with Crippen molar-refractivity contribution in [3.05, 3.63) is 82.6 Å². The second kappa shape index (κ2) is 9.83. The Morgan fingerprint density at radius 1 is 1.00 bits per heavy atom. The van der Waals surface area contributed by atoms with Crippen LogP contribution >= 0.6 is 15.9 Å². The van der Waals surface area contributed by atoms with Crippen LogP contribution in [0.15, 0.2) is 71.5 Å². The Hall–Kier alpha value is -3.72. The molecular formula is C24H20BrN3O5. The summed E-state index contributed by atoms with van der Waals surface area (Å²) in [7, 11) is 0. The average molecular weight is 510 g/mol. The lowest BCUT2D eigenvalue weighted by atomic mass is 9.98. The van der Waals surface area contributed by atoms with Gasteiger partial charge in [0, 0.05) is 12.1 Å². The van der Waals surface area contributed by atoms with Gasteiger partial charge in [0.25, 0.3) is 0 Å². The number of carboxylic acids is 1. The van der Waals surface area contributed by atoms with Gasteiger partial charge in [0.05, 0.1) is 12.1 Å². The van der Waals surface area contributed by atoms with Crippen LogP contribution in [0.25, 0.3) is 11.1 Å². The topological polar surface area (TPSA) is 118 Å². The maximum atomic E-state index is 12.6. The molecule has 1 heterocycles. The number of nitrogens with zero attached hydrogens (tertiary/aromatic N) is 1. The van der Waals surface area contributed by atoms with Gasteiger partial charge >= 0.3 is 12.1 Å². The van der Waals surface area contributed by atoms with Crippen molar-refractivity contribution in [2.75, 3.05) is 11.9 Å². The normalized spacial score (nSPS) is 12.9. The number of carboxylic acid groups (broad SMARTS) is 1. The highest BCUT2D eigenvalue weighted by atomic mass is 79.9. The summed E-state index contributed by atoms with van der Waals surface area (Å²) in [5.41, 5.74) is 4.63. The first-order valence-corrected chi connectivity index (χ1v) is 11.0. The van der Waals surface area contributed by atoms with Crippen molar-refractivity contribution in [3.8, 4) is 11.1 Å². The van der Waals surface area contributed by atoms with Gasteiger partial charge in [0.15, 0.2) is 0 Å². The first-order chi connectivity index (χ1) is 15.9. The number of anilines is 1. The van der Waals surface area contributed by atoms with E-state index >= 15 is 0 Å². The predicted molar refractivity (Wildman–Crippen MR) is 125 cm³/mol. The smallest absolute Gasteiger partial charge is 0.407 e. The van der Waals surface area contributed by atoms with Crippen molar-refractivity contribution in [1.82, 2.24) is 10.3 Å². The number of fused-ring (bicyclic) bond motifs is 3. The minimum absolute atomic E-state index is 0.0510. The molecule has 3 aromatic rings. The van der Waals surface area contributed by atoms with Crippen molar-refractivity contribution >= 4 is 39.6 Å². The third kappa shape index (κ3) is 5.04. The number of ether oxygens (including phenoxy) is 1. The number of aromatic nitrogens is 1. The Bertz CT molecular complexity index is 1170. The summed E-state index contributed by atoms with van der Waals surface area (Å²) in [6, 6.07) is 17.7. The first kappa shape index (κ1) is 22.5. The van der Waals surface area contributed by atoms with Crippen molar-refractivity contribution in [1.29, 1.82) is 0 Å². The zero-order valence-corrected chi connectivity index (χ0v) is 18.9. The lowest BCUT2D eigenvalue weighted by molar-refractivity contribution is -0.139. The van der Waals surface area contributed by atoms with Crippen LogP contribution < -0.4 is 10.6 Å². The van der Waals surface area contributed by atoms with E-state index in [4.69, 9.17) is 4.74 Å². The highest BCUT2D eigenvalue weighted by Crippen LogP contribution is 2.44. The molecule has 9 heteroatoms. The van der Waals surface area contributed by atoms with Crippen LogP contribution in [0, 0.1) is 0 Å². The van der Waals surface area contributed by atoms with E-state index in [1.54, 1.807) is 12.1 Å². The Morgan fingerprint density at radius 2 is 1.64 bits per heavy atom. The number of rotatable bonds is 7. The zero-order chi connectivity index (χ0) is 23.4. The van der Waals surface area contributed by atoms with Gasteiger partial charge in [-0.05, 0) is 50.3 Å². The number of amides is 2. The molecule has 0 radical (unpaired) electrons. The molecule has 1 unspecified atom stereocenters. The number of pyridine rings is 1. The van der Waals surface area contributed by atoms with Crippen molar-refractivity contribution in [3.63, 3.8) is 0 Å². The van der Waals surface area contributed by atoms with E-state index in [-0.39, 0.29) is 12.5 Å². The second-order valence-corrected chi connectivity index (χ2v) is 8.20. The van der Waals surface area contributed by atoms with E-state index in [1.807, 2.05) is 48.5 Å². The number of halogens is 1. The van der Waals surface area contributed by atoms with Crippen molar-refractivity contribution in [2.24, 2.45) is 0 Å². The van der Waals surface area contributed by atoms with Crippen LogP contribution in [0.5, 0.6) is 0 Å². The predicted octanol–water partition coefficient (Wildman–Crippen LogP) is 4.16. The van der Waals surface area contributed by atoms with E-state index in [2.05, 4.69) is 31.5 Å². The molecule has 0 saturated carbocycles. The molecule has 2 aromatic carbocycles. The number of hydrogen-bond donors (Lipinski definition) is 3.